The molecule has 0 unspecified atom stereocenters. The lowest BCUT2D eigenvalue weighted by atomic mass is 10.0. The van der Waals surface area contributed by atoms with Crippen LogP contribution in [-0.4, -0.2) is 56.7 Å². The number of rotatable bonds is 4. The quantitative estimate of drug-likeness (QED) is 0.857. The number of amides is 1. The molecule has 2 aromatic heterocycles. The maximum Gasteiger partial charge on any atom is 0.408 e. The number of carbonyl (C=O) groups is 1. The van der Waals surface area contributed by atoms with E-state index in [0.29, 0.717) is 30.1 Å². The summed E-state index contributed by atoms with van der Waals surface area (Å²) in [6, 6.07) is 1.20. The fourth-order valence-electron chi connectivity index (χ4n) is 3.49. The molecule has 1 aliphatic heterocycles. The zero-order valence-electron chi connectivity index (χ0n) is 16.3. The Hall–Kier alpha value is -2.36. The van der Waals surface area contributed by atoms with Gasteiger partial charge in [0.1, 0.15) is 12.2 Å². The number of halogens is 3. The van der Waals surface area contributed by atoms with Crippen molar-refractivity contribution in [1.82, 2.24) is 24.9 Å². The molecule has 3 heterocycles. The molecule has 1 atom stereocenters. The molecule has 0 aromatic carbocycles. The van der Waals surface area contributed by atoms with Crippen LogP contribution in [0.2, 0.25) is 0 Å². The van der Waals surface area contributed by atoms with Crippen LogP contribution in [0.4, 0.5) is 13.2 Å². The standard InChI is InChI=1S/C18H24F3N5O2/c1-10(2)13-7-14(23-22-13)17(27)25-5-6-28-8-15(25)16-11(3)24-26(12(16)4)9-18(19,20)21/h7,10,15H,5-6,8-9H2,1-4H3,(H,22,23)/t15-/m0/s1. The topological polar surface area (TPSA) is 76.0 Å². The van der Waals surface area contributed by atoms with E-state index < -0.39 is 18.8 Å². The number of hydrogen-bond acceptors (Lipinski definition) is 4. The lowest BCUT2D eigenvalue weighted by molar-refractivity contribution is -0.143. The van der Waals surface area contributed by atoms with Crippen molar-refractivity contribution in [2.24, 2.45) is 0 Å². The Labute approximate surface area is 160 Å². The fraction of sp³-hybridized carbons (Fsp3) is 0.611. The van der Waals surface area contributed by atoms with E-state index in [1.165, 1.54) is 0 Å². The predicted molar refractivity (Wildman–Crippen MR) is 95.0 cm³/mol. The molecule has 1 fully saturated rings. The smallest absolute Gasteiger partial charge is 0.377 e. The molecule has 7 nitrogen and oxygen atoms in total. The number of H-pyrrole nitrogens is 1. The average Bonchev–Trinajstić information content (AvgIpc) is 3.19. The molecule has 0 aliphatic carbocycles. The minimum absolute atomic E-state index is 0.194. The monoisotopic (exact) mass is 399 g/mol. The largest absolute Gasteiger partial charge is 0.408 e. The third-order valence-corrected chi connectivity index (χ3v) is 4.93. The van der Waals surface area contributed by atoms with Crippen LogP contribution in [0, 0.1) is 13.8 Å². The van der Waals surface area contributed by atoms with Gasteiger partial charge in [0.05, 0.1) is 24.9 Å². The third kappa shape index (κ3) is 4.06. The number of carbonyl (C=O) groups excluding carboxylic acids is 1. The summed E-state index contributed by atoms with van der Waals surface area (Å²) >= 11 is 0. The molecule has 2 aromatic rings. The molecular weight excluding hydrogens is 375 g/mol. The number of nitrogens with zero attached hydrogens (tertiary/aromatic N) is 4. The Morgan fingerprint density at radius 3 is 2.71 bits per heavy atom. The molecule has 154 valence electrons. The Bertz CT molecular complexity index is 856. The van der Waals surface area contributed by atoms with Gasteiger partial charge in [-0.25, -0.2) is 0 Å². The van der Waals surface area contributed by atoms with Crippen LogP contribution >= 0.6 is 0 Å². The van der Waals surface area contributed by atoms with Gasteiger partial charge in [-0.3, -0.25) is 14.6 Å². The second-order valence-electron chi connectivity index (χ2n) is 7.31. The van der Waals surface area contributed by atoms with Crippen LogP contribution in [0.3, 0.4) is 0 Å². The Kier molecular flexibility index (Phi) is 5.51. The lowest BCUT2D eigenvalue weighted by Gasteiger charge is -2.35. The van der Waals surface area contributed by atoms with Gasteiger partial charge in [-0.05, 0) is 25.8 Å². The van der Waals surface area contributed by atoms with Gasteiger partial charge in [-0.15, -0.1) is 0 Å². The number of nitrogens with one attached hydrogen (secondary N) is 1. The van der Waals surface area contributed by atoms with Crippen molar-refractivity contribution in [2.75, 3.05) is 19.8 Å². The molecule has 1 aliphatic rings. The summed E-state index contributed by atoms with van der Waals surface area (Å²) in [6.07, 6.45) is -4.37. The zero-order valence-corrected chi connectivity index (χ0v) is 16.3. The van der Waals surface area contributed by atoms with Gasteiger partial charge in [0.25, 0.3) is 5.91 Å². The highest BCUT2D eigenvalue weighted by Crippen LogP contribution is 2.32. The van der Waals surface area contributed by atoms with Crippen LogP contribution in [-0.2, 0) is 11.3 Å². The minimum atomic E-state index is -4.37. The van der Waals surface area contributed by atoms with Crippen molar-refractivity contribution in [3.8, 4) is 0 Å². The second-order valence-corrected chi connectivity index (χ2v) is 7.31. The van der Waals surface area contributed by atoms with E-state index in [2.05, 4.69) is 15.3 Å². The van der Waals surface area contributed by atoms with Crippen molar-refractivity contribution < 1.29 is 22.7 Å². The molecule has 1 saturated heterocycles. The normalized spacial score (nSPS) is 18.1. The highest BCUT2D eigenvalue weighted by Gasteiger charge is 2.36. The number of hydrogen-bond donors (Lipinski definition) is 1. The van der Waals surface area contributed by atoms with E-state index in [-0.39, 0.29) is 24.1 Å². The first kappa shape index (κ1) is 20.4. The van der Waals surface area contributed by atoms with E-state index in [1.807, 2.05) is 13.8 Å². The summed E-state index contributed by atoms with van der Waals surface area (Å²) in [4.78, 5) is 14.7. The molecule has 3 rings (SSSR count). The minimum Gasteiger partial charge on any atom is -0.377 e. The Balaban J connectivity index is 1.92. The molecule has 1 N–H and O–H groups in total. The van der Waals surface area contributed by atoms with Crippen LogP contribution in [0.25, 0.3) is 0 Å². The number of aromatic amines is 1. The van der Waals surface area contributed by atoms with Crippen LogP contribution < -0.4 is 0 Å². The van der Waals surface area contributed by atoms with Crippen molar-refractivity contribution in [3.05, 3.63) is 34.4 Å². The van der Waals surface area contributed by atoms with E-state index >= 15 is 0 Å². The first-order valence-electron chi connectivity index (χ1n) is 9.13. The van der Waals surface area contributed by atoms with E-state index in [1.54, 1.807) is 24.8 Å². The van der Waals surface area contributed by atoms with Crippen molar-refractivity contribution in [1.29, 1.82) is 0 Å². The second kappa shape index (κ2) is 7.57. The lowest BCUT2D eigenvalue weighted by Crippen LogP contribution is -2.44. The van der Waals surface area contributed by atoms with Crippen LogP contribution in [0.1, 0.15) is 58.9 Å². The predicted octanol–water partition coefficient (Wildman–Crippen LogP) is 3.12. The van der Waals surface area contributed by atoms with Gasteiger partial charge in [-0.1, -0.05) is 13.8 Å². The zero-order chi connectivity index (χ0) is 20.6. The summed E-state index contributed by atoms with van der Waals surface area (Å²) in [5.41, 5.74) is 2.57. The molecular formula is C18H24F3N5O2. The van der Waals surface area contributed by atoms with Gasteiger partial charge in [0.2, 0.25) is 0 Å². The van der Waals surface area contributed by atoms with E-state index in [9.17, 15) is 18.0 Å². The first-order chi connectivity index (χ1) is 13.1. The number of aryl methyl sites for hydroxylation is 1. The first-order valence-corrected chi connectivity index (χ1v) is 9.13. The third-order valence-electron chi connectivity index (χ3n) is 4.93. The molecule has 1 amide bonds. The van der Waals surface area contributed by atoms with Gasteiger partial charge in [-0.2, -0.15) is 23.4 Å². The number of aromatic nitrogens is 4. The van der Waals surface area contributed by atoms with Crippen LogP contribution in [0.5, 0.6) is 0 Å². The van der Waals surface area contributed by atoms with Gasteiger partial charge >= 0.3 is 6.18 Å². The maximum atomic E-state index is 13.1. The Morgan fingerprint density at radius 2 is 2.11 bits per heavy atom. The summed E-state index contributed by atoms with van der Waals surface area (Å²) in [6.45, 7) is 6.93. The van der Waals surface area contributed by atoms with E-state index in [4.69, 9.17) is 4.74 Å². The number of alkyl halides is 3. The summed E-state index contributed by atoms with van der Waals surface area (Å²) in [7, 11) is 0. The van der Waals surface area contributed by atoms with Gasteiger partial charge in [0.15, 0.2) is 0 Å². The molecule has 0 radical (unpaired) electrons. The molecule has 0 spiro atoms. The molecule has 28 heavy (non-hydrogen) atoms. The van der Waals surface area contributed by atoms with Crippen molar-refractivity contribution in [2.45, 2.75) is 52.4 Å². The molecule has 0 saturated carbocycles. The SMILES string of the molecule is Cc1nn(CC(F)(F)F)c(C)c1[C@@H]1COCCN1C(=O)c1cc(C(C)C)[nH]n1. The van der Waals surface area contributed by atoms with Crippen LogP contribution in [0.15, 0.2) is 6.07 Å². The highest BCUT2D eigenvalue weighted by atomic mass is 19.4. The molecule has 0 bridgehead atoms. The van der Waals surface area contributed by atoms with E-state index in [0.717, 1.165) is 10.4 Å². The number of ether oxygens (including phenoxy) is 1. The summed E-state index contributed by atoms with van der Waals surface area (Å²) in [5.74, 6) is -0.0848. The average molecular weight is 399 g/mol. The highest BCUT2D eigenvalue weighted by molar-refractivity contribution is 5.92. The Morgan fingerprint density at radius 1 is 1.39 bits per heavy atom. The molecule has 10 heteroatoms. The maximum absolute atomic E-state index is 13.1. The van der Waals surface area contributed by atoms with Crippen molar-refractivity contribution >= 4 is 5.91 Å². The summed E-state index contributed by atoms with van der Waals surface area (Å²) in [5, 5.41) is 11.0. The fourth-order valence-corrected chi connectivity index (χ4v) is 3.49. The van der Waals surface area contributed by atoms with Crippen molar-refractivity contribution in [3.63, 3.8) is 0 Å². The summed E-state index contributed by atoms with van der Waals surface area (Å²) < 4.78 is 45.0. The number of morpholine rings is 1. The van der Waals surface area contributed by atoms with Gasteiger partial charge < -0.3 is 9.64 Å². The van der Waals surface area contributed by atoms with Gasteiger partial charge in [0, 0.05) is 23.5 Å².